The van der Waals surface area contributed by atoms with Crippen molar-refractivity contribution in [2.24, 2.45) is 5.73 Å². The van der Waals surface area contributed by atoms with Gasteiger partial charge in [-0.1, -0.05) is 0 Å². The lowest BCUT2D eigenvalue weighted by molar-refractivity contribution is -0.139. The highest BCUT2D eigenvalue weighted by atomic mass is 32.2. The Bertz CT molecular complexity index is 271. The molecule has 0 saturated carbocycles. The van der Waals surface area contributed by atoms with Crippen LogP contribution in [0, 0.1) is 0 Å². The van der Waals surface area contributed by atoms with E-state index in [0.717, 1.165) is 13.2 Å². The van der Waals surface area contributed by atoms with E-state index in [0.29, 0.717) is 0 Å². The summed E-state index contributed by atoms with van der Waals surface area (Å²) in [4.78, 5) is 10.6. The molecule has 0 spiro atoms. The Morgan fingerprint density at radius 1 is 1.58 bits per heavy atom. The van der Waals surface area contributed by atoms with Gasteiger partial charge < -0.3 is 10.8 Å². The maximum Gasteiger partial charge on any atom is 0.324 e. The van der Waals surface area contributed by atoms with E-state index in [2.05, 4.69) is 0 Å². The first-order valence-corrected chi connectivity index (χ1v) is 5.28. The maximum absolute atomic E-state index is 11.0. The number of aliphatic carboxylic acids is 1. The molecule has 3 N–H and O–H groups in total. The van der Waals surface area contributed by atoms with E-state index in [1.807, 2.05) is 0 Å². The lowest BCUT2D eigenvalue weighted by atomic mass is 10.1. The zero-order valence-corrected chi connectivity index (χ0v) is 7.89. The van der Waals surface area contributed by atoms with Crippen LogP contribution in [0.4, 0.5) is 0 Å². The van der Waals surface area contributed by atoms with Crippen LogP contribution in [0.5, 0.6) is 0 Å². The minimum atomic E-state index is -3.61. The summed E-state index contributed by atoms with van der Waals surface area (Å²) in [5.41, 5.74) is 5.12. The first kappa shape index (κ1) is 11.4. The monoisotopic (exact) mass is 195 g/mol. The number of carbonyl (C=O) groups is 1. The topological polar surface area (TPSA) is 97.5 Å². The fraction of sp³-hybridized carbons (Fsp3) is 0.833. The van der Waals surface area contributed by atoms with Gasteiger partial charge in [0, 0.05) is 6.26 Å². The van der Waals surface area contributed by atoms with Gasteiger partial charge in [-0.05, 0) is 19.9 Å². The summed E-state index contributed by atoms with van der Waals surface area (Å²) in [5, 5.41) is 8.66. The molecule has 0 rings (SSSR count). The second-order valence-electron chi connectivity index (χ2n) is 2.85. The van der Waals surface area contributed by atoms with Crippen molar-refractivity contribution in [1.82, 2.24) is 0 Å². The van der Waals surface area contributed by atoms with E-state index in [1.54, 1.807) is 0 Å². The molecule has 1 atom stereocenters. The second-order valence-corrected chi connectivity index (χ2v) is 5.29. The van der Waals surface area contributed by atoms with Crippen LogP contribution in [0.1, 0.15) is 13.3 Å². The zero-order chi connectivity index (χ0) is 9.99. The van der Waals surface area contributed by atoms with Gasteiger partial charge in [-0.3, -0.25) is 4.79 Å². The van der Waals surface area contributed by atoms with Crippen molar-refractivity contribution in [3.05, 3.63) is 0 Å². The number of carboxylic acid groups (broad SMARTS) is 1. The van der Waals surface area contributed by atoms with Crippen LogP contribution in [0.2, 0.25) is 0 Å². The van der Waals surface area contributed by atoms with E-state index in [4.69, 9.17) is 10.8 Å². The zero-order valence-electron chi connectivity index (χ0n) is 7.07. The van der Waals surface area contributed by atoms with Crippen LogP contribution in [0.15, 0.2) is 0 Å². The average molecular weight is 195 g/mol. The minimum Gasteiger partial charge on any atom is -0.480 e. The molecule has 0 aromatic carbocycles. The number of carboxylic acids is 1. The van der Waals surface area contributed by atoms with E-state index in [9.17, 15) is 13.2 Å². The predicted molar refractivity (Wildman–Crippen MR) is 44.6 cm³/mol. The van der Waals surface area contributed by atoms with Gasteiger partial charge in [0.05, 0.1) is 0 Å². The summed E-state index contributed by atoms with van der Waals surface area (Å²) < 4.78 is 20.3. The molecule has 0 aliphatic heterocycles. The van der Waals surface area contributed by atoms with Crippen molar-refractivity contribution in [2.75, 3.05) is 12.8 Å². The number of hydrogen-bond donors (Lipinski definition) is 2. The van der Waals surface area contributed by atoms with Crippen molar-refractivity contribution < 1.29 is 18.3 Å². The van der Waals surface area contributed by atoms with Crippen LogP contribution in [-0.2, 0) is 14.6 Å². The molecule has 0 saturated heterocycles. The summed E-state index contributed by atoms with van der Waals surface area (Å²) >= 11 is 0. The molecule has 0 radical (unpaired) electrons. The Hall–Kier alpha value is -0.620. The lowest BCUT2D eigenvalue weighted by Gasteiger charge is -2.21. The van der Waals surface area contributed by atoms with Crippen LogP contribution >= 0.6 is 0 Å². The Morgan fingerprint density at radius 3 is 2.08 bits per heavy atom. The quantitative estimate of drug-likeness (QED) is 0.613. The molecular formula is C6H13NO4S. The number of nitrogens with two attached hydrogens (primary N) is 1. The van der Waals surface area contributed by atoms with E-state index < -0.39 is 20.6 Å². The minimum absolute atomic E-state index is 0.0376. The van der Waals surface area contributed by atoms with Crippen molar-refractivity contribution in [3.63, 3.8) is 0 Å². The molecule has 0 aliphatic rings. The third-order valence-corrected chi connectivity index (χ3v) is 3.91. The molecular weight excluding hydrogens is 182 g/mol. The second kappa shape index (κ2) is 3.40. The Kier molecular flexibility index (Phi) is 3.23. The molecule has 5 nitrogen and oxygen atoms in total. The van der Waals surface area contributed by atoms with E-state index in [-0.39, 0.29) is 13.0 Å². The highest BCUT2D eigenvalue weighted by Gasteiger charge is 2.42. The highest BCUT2D eigenvalue weighted by Crippen LogP contribution is 2.19. The molecule has 0 aromatic rings. The predicted octanol–water partition coefficient (Wildman–Crippen LogP) is -0.777. The summed E-state index contributed by atoms with van der Waals surface area (Å²) in [7, 11) is -3.61. The molecule has 0 aliphatic carbocycles. The first-order chi connectivity index (χ1) is 5.25. The summed E-state index contributed by atoms with van der Waals surface area (Å²) in [6.07, 6.45) is 0.831. The highest BCUT2D eigenvalue weighted by molar-refractivity contribution is 7.92. The number of hydrogen-bond acceptors (Lipinski definition) is 4. The summed E-state index contributed by atoms with van der Waals surface area (Å²) in [6.45, 7) is 1.20. The summed E-state index contributed by atoms with van der Waals surface area (Å²) in [5.74, 6) is -1.35. The van der Waals surface area contributed by atoms with Gasteiger partial charge in [0.2, 0.25) is 0 Å². The molecule has 0 heterocycles. The van der Waals surface area contributed by atoms with E-state index >= 15 is 0 Å². The van der Waals surface area contributed by atoms with Gasteiger partial charge in [0.25, 0.3) is 0 Å². The van der Waals surface area contributed by atoms with Crippen LogP contribution in [0.25, 0.3) is 0 Å². The smallest absolute Gasteiger partial charge is 0.324 e. The molecule has 72 valence electrons. The largest absolute Gasteiger partial charge is 0.480 e. The maximum atomic E-state index is 11.0. The third kappa shape index (κ3) is 1.95. The molecule has 0 amide bonds. The van der Waals surface area contributed by atoms with Gasteiger partial charge in [0.1, 0.15) is 0 Å². The van der Waals surface area contributed by atoms with Gasteiger partial charge in [-0.15, -0.1) is 0 Å². The van der Waals surface area contributed by atoms with Gasteiger partial charge >= 0.3 is 5.97 Å². The third-order valence-electron chi connectivity index (χ3n) is 1.89. The normalized spacial score (nSPS) is 16.9. The SMILES string of the molecule is C[C@@](CCN)(C(=O)O)S(C)(=O)=O. The molecule has 6 heteroatoms. The Balaban J connectivity index is 5.02. The van der Waals surface area contributed by atoms with Gasteiger partial charge in [-0.25, -0.2) is 8.42 Å². The molecule has 12 heavy (non-hydrogen) atoms. The fourth-order valence-electron chi connectivity index (χ4n) is 0.726. The van der Waals surface area contributed by atoms with Crippen molar-refractivity contribution in [2.45, 2.75) is 18.1 Å². The van der Waals surface area contributed by atoms with Crippen molar-refractivity contribution in [3.8, 4) is 0 Å². The van der Waals surface area contributed by atoms with Crippen molar-refractivity contribution in [1.29, 1.82) is 0 Å². The van der Waals surface area contributed by atoms with Gasteiger partial charge in [-0.2, -0.15) is 0 Å². The first-order valence-electron chi connectivity index (χ1n) is 3.39. The standard InChI is InChI=1S/C6H13NO4S/c1-6(3-4-7,5(8)9)12(2,10)11/h3-4,7H2,1-2H3,(H,8,9)/t6-/m1/s1. The lowest BCUT2D eigenvalue weighted by Crippen LogP contribution is -2.44. The fourth-order valence-corrected chi connectivity index (χ4v) is 1.53. The summed E-state index contributed by atoms with van der Waals surface area (Å²) in [6, 6.07) is 0. The number of sulfone groups is 1. The van der Waals surface area contributed by atoms with Crippen LogP contribution in [0.3, 0.4) is 0 Å². The Labute approximate surface area is 71.5 Å². The van der Waals surface area contributed by atoms with E-state index in [1.165, 1.54) is 0 Å². The van der Waals surface area contributed by atoms with Crippen LogP contribution in [-0.4, -0.2) is 37.0 Å². The van der Waals surface area contributed by atoms with Crippen LogP contribution < -0.4 is 5.73 Å². The molecule has 0 aromatic heterocycles. The molecule has 0 unspecified atom stereocenters. The molecule has 0 bridgehead atoms. The average Bonchev–Trinajstić information content (AvgIpc) is 1.85. The Morgan fingerprint density at radius 2 is 2.00 bits per heavy atom. The molecule has 0 fully saturated rings. The van der Waals surface area contributed by atoms with Gasteiger partial charge in [0.15, 0.2) is 14.6 Å². The van der Waals surface area contributed by atoms with Crippen molar-refractivity contribution >= 4 is 15.8 Å². The number of rotatable bonds is 4.